The minimum atomic E-state index is -0.333. The van der Waals surface area contributed by atoms with Crippen LogP contribution in [0.5, 0.6) is 0 Å². The number of fused-ring (bicyclic) bond motifs is 1. The molecule has 3 aromatic heterocycles. The number of aromatic nitrogens is 4. The van der Waals surface area contributed by atoms with E-state index < -0.39 is 0 Å². The average Bonchev–Trinajstić information content (AvgIpc) is 2.81. The van der Waals surface area contributed by atoms with Crippen molar-refractivity contribution in [2.24, 2.45) is 0 Å². The molecule has 0 aliphatic rings. The van der Waals surface area contributed by atoms with Gasteiger partial charge in [-0.15, -0.1) is 0 Å². The summed E-state index contributed by atoms with van der Waals surface area (Å²) in [5.41, 5.74) is 0.950. The molecule has 96 valence electrons. The molecule has 7 heteroatoms. The second kappa shape index (κ2) is 4.85. The minimum absolute atomic E-state index is 0.276. The van der Waals surface area contributed by atoms with Gasteiger partial charge in [0.1, 0.15) is 5.82 Å². The Kier molecular flexibility index (Phi) is 3.04. The summed E-state index contributed by atoms with van der Waals surface area (Å²) < 4.78 is 13.6. The molecular formula is C12H10FN5S. The summed E-state index contributed by atoms with van der Waals surface area (Å²) in [5, 5.41) is 3.76. The summed E-state index contributed by atoms with van der Waals surface area (Å²) >= 11 is 1.38. The van der Waals surface area contributed by atoms with E-state index in [1.54, 1.807) is 24.7 Å². The average molecular weight is 275 g/mol. The van der Waals surface area contributed by atoms with E-state index in [0.29, 0.717) is 16.5 Å². The summed E-state index contributed by atoms with van der Waals surface area (Å²) in [5.74, 6) is -0.333. The zero-order valence-corrected chi connectivity index (χ0v) is 10.9. The number of anilines is 1. The fourth-order valence-electron chi connectivity index (χ4n) is 1.71. The maximum Gasteiger partial charge on any atom is 0.191 e. The van der Waals surface area contributed by atoms with Crippen LogP contribution in [0.25, 0.3) is 10.5 Å². The lowest BCUT2D eigenvalue weighted by Gasteiger charge is -2.12. The van der Waals surface area contributed by atoms with Gasteiger partial charge in [-0.1, -0.05) is 11.3 Å². The van der Waals surface area contributed by atoms with E-state index in [1.165, 1.54) is 17.4 Å². The molecule has 1 atom stereocenters. The molecule has 0 amide bonds. The van der Waals surface area contributed by atoms with E-state index in [4.69, 9.17) is 0 Å². The van der Waals surface area contributed by atoms with Crippen LogP contribution >= 0.6 is 11.3 Å². The standard InChI is InChI=1S/C12H10FN5S/c1-7(9-8(13)3-2-4-14-9)17-12-18-10-11(19-12)16-6-5-15-10/h2-7H,1H3,(H,15,17,18). The Labute approximate surface area is 112 Å². The van der Waals surface area contributed by atoms with Crippen LogP contribution in [-0.2, 0) is 0 Å². The molecule has 0 spiro atoms. The van der Waals surface area contributed by atoms with Crippen molar-refractivity contribution < 1.29 is 4.39 Å². The molecule has 1 N–H and O–H groups in total. The number of nitrogens with one attached hydrogen (secondary N) is 1. The summed E-state index contributed by atoms with van der Waals surface area (Å²) in [6, 6.07) is 2.68. The first-order valence-corrected chi connectivity index (χ1v) is 6.50. The van der Waals surface area contributed by atoms with Gasteiger partial charge in [0.15, 0.2) is 15.6 Å². The fraction of sp³-hybridized carbons (Fsp3) is 0.167. The van der Waals surface area contributed by atoms with Gasteiger partial charge in [0.2, 0.25) is 0 Å². The van der Waals surface area contributed by atoms with Crippen molar-refractivity contribution in [3.63, 3.8) is 0 Å². The van der Waals surface area contributed by atoms with E-state index in [9.17, 15) is 4.39 Å². The summed E-state index contributed by atoms with van der Waals surface area (Å²) in [4.78, 5) is 17.3. The Morgan fingerprint density at radius 2 is 2.05 bits per heavy atom. The number of hydrogen-bond acceptors (Lipinski definition) is 6. The lowest BCUT2D eigenvalue weighted by Crippen LogP contribution is -2.10. The van der Waals surface area contributed by atoms with Crippen LogP contribution in [0.3, 0.4) is 0 Å². The highest BCUT2D eigenvalue weighted by Crippen LogP contribution is 2.26. The Bertz CT molecular complexity index is 681. The quantitative estimate of drug-likeness (QED) is 0.796. The van der Waals surface area contributed by atoms with Crippen LogP contribution in [-0.4, -0.2) is 19.9 Å². The van der Waals surface area contributed by atoms with Crippen LogP contribution in [0.2, 0.25) is 0 Å². The highest BCUT2D eigenvalue weighted by Gasteiger charge is 2.14. The van der Waals surface area contributed by atoms with Gasteiger partial charge in [-0.3, -0.25) is 4.98 Å². The molecule has 0 saturated carbocycles. The first-order valence-electron chi connectivity index (χ1n) is 5.68. The summed E-state index contributed by atoms with van der Waals surface area (Å²) in [6.45, 7) is 1.83. The van der Waals surface area contributed by atoms with Crippen molar-refractivity contribution >= 4 is 26.9 Å². The van der Waals surface area contributed by atoms with Crippen LogP contribution in [0, 0.1) is 5.82 Å². The zero-order valence-electron chi connectivity index (χ0n) is 10.0. The summed E-state index contributed by atoms with van der Waals surface area (Å²) in [7, 11) is 0. The SMILES string of the molecule is CC(Nc1nc2nccnc2s1)c1ncccc1F. The fourth-order valence-corrected chi connectivity index (χ4v) is 2.56. The Balaban J connectivity index is 1.86. The topological polar surface area (TPSA) is 63.6 Å². The van der Waals surface area contributed by atoms with E-state index in [0.717, 1.165) is 4.83 Å². The smallest absolute Gasteiger partial charge is 0.191 e. The van der Waals surface area contributed by atoms with E-state index in [1.807, 2.05) is 6.92 Å². The third kappa shape index (κ3) is 2.37. The van der Waals surface area contributed by atoms with Crippen LogP contribution in [0.15, 0.2) is 30.7 Å². The number of halogens is 1. The van der Waals surface area contributed by atoms with E-state index >= 15 is 0 Å². The van der Waals surface area contributed by atoms with Crippen LogP contribution in [0.1, 0.15) is 18.7 Å². The lowest BCUT2D eigenvalue weighted by molar-refractivity contribution is 0.587. The number of thiazole rings is 1. The Morgan fingerprint density at radius 1 is 1.21 bits per heavy atom. The van der Waals surface area contributed by atoms with Crippen molar-refractivity contribution in [1.82, 2.24) is 19.9 Å². The lowest BCUT2D eigenvalue weighted by atomic mass is 10.2. The van der Waals surface area contributed by atoms with Crippen LogP contribution in [0.4, 0.5) is 9.52 Å². The molecule has 3 rings (SSSR count). The second-order valence-corrected chi connectivity index (χ2v) is 4.92. The normalized spacial score (nSPS) is 12.5. The van der Waals surface area contributed by atoms with Crippen molar-refractivity contribution in [2.75, 3.05) is 5.32 Å². The third-order valence-electron chi connectivity index (χ3n) is 2.58. The first kappa shape index (κ1) is 11.9. The van der Waals surface area contributed by atoms with Crippen molar-refractivity contribution in [1.29, 1.82) is 0 Å². The van der Waals surface area contributed by atoms with Gasteiger partial charge in [-0.25, -0.2) is 14.4 Å². The van der Waals surface area contributed by atoms with Crippen LogP contribution < -0.4 is 5.32 Å². The van der Waals surface area contributed by atoms with Crippen molar-refractivity contribution in [2.45, 2.75) is 13.0 Å². The second-order valence-electron chi connectivity index (χ2n) is 3.94. The molecule has 0 fully saturated rings. The van der Waals surface area contributed by atoms with Gasteiger partial charge in [-0.05, 0) is 19.1 Å². The van der Waals surface area contributed by atoms with E-state index in [2.05, 4.69) is 25.3 Å². The maximum atomic E-state index is 13.6. The minimum Gasteiger partial charge on any atom is -0.353 e. The number of nitrogens with zero attached hydrogens (tertiary/aromatic N) is 4. The molecule has 0 aromatic carbocycles. The molecule has 1 unspecified atom stereocenters. The molecule has 19 heavy (non-hydrogen) atoms. The molecule has 0 aliphatic heterocycles. The van der Waals surface area contributed by atoms with E-state index in [-0.39, 0.29) is 11.9 Å². The molecule has 0 saturated heterocycles. The predicted molar refractivity (Wildman–Crippen MR) is 71.4 cm³/mol. The van der Waals surface area contributed by atoms with Gasteiger partial charge in [-0.2, -0.15) is 4.98 Å². The largest absolute Gasteiger partial charge is 0.353 e. The highest BCUT2D eigenvalue weighted by atomic mass is 32.1. The monoisotopic (exact) mass is 275 g/mol. The van der Waals surface area contributed by atoms with Gasteiger partial charge in [0.25, 0.3) is 0 Å². The number of hydrogen-bond donors (Lipinski definition) is 1. The van der Waals surface area contributed by atoms with Gasteiger partial charge in [0, 0.05) is 18.6 Å². The molecule has 3 aromatic rings. The molecule has 0 bridgehead atoms. The molecular weight excluding hydrogens is 265 g/mol. The number of pyridine rings is 1. The van der Waals surface area contributed by atoms with Gasteiger partial charge >= 0.3 is 0 Å². The predicted octanol–water partition coefficient (Wildman–Crippen LogP) is 2.79. The Hall–Kier alpha value is -2.15. The number of rotatable bonds is 3. The summed E-state index contributed by atoms with van der Waals surface area (Å²) in [6.07, 6.45) is 4.78. The molecule has 0 radical (unpaired) electrons. The Morgan fingerprint density at radius 3 is 2.84 bits per heavy atom. The zero-order chi connectivity index (χ0) is 13.2. The molecule has 0 aliphatic carbocycles. The highest BCUT2D eigenvalue weighted by molar-refractivity contribution is 7.21. The first-order chi connectivity index (χ1) is 9.24. The molecule has 5 nitrogen and oxygen atoms in total. The molecule has 3 heterocycles. The third-order valence-corrected chi connectivity index (χ3v) is 3.47. The van der Waals surface area contributed by atoms with Gasteiger partial charge < -0.3 is 5.32 Å². The van der Waals surface area contributed by atoms with Crippen molar-refractivity contribution in [3.05, 3.63) is 42.2 Å². The van der Waals surface area contributed by atoms with Crippen molar-refractivity contribution in [3.8, 4) is 0 Å². The van der Waals surface area contributed by atoms with Gasteiger partial charge in [0.05, 0.1) is 11.7 Å². The maximum absolute atomic E-state index is 13.6.